The van der Waals surface area contributed by atoms with Gasteiger partial charge in [0.2, 0.25) is 5.91 Å². The monoisotopic (exact) mass is 605 g/mol. The number of fused-ring (bicyclic) bond motifs is 1. The molecular weight excluding hydrogens is 581 g/mol. The molecule has 0 unspecified atom stereocenters. The van der Waals surface area contributed by atoms with Crippen LogP contribution in [0, 0.1) is 5.82 Å². The molecule has 1 N–H and O–H groups in total. The second-order valence-electron chi connectivity index (χ2n) is 9.50. The van der Waals surface area contributed by atoms with Crippen molar-refractivity contribution in [2.75, 3.05) is 18.5 Å². The van der Waals surface area contributed by atoms with Crippen molar-refractivity contribution in [3.63, 3.8) is 0 Å². The maximum atomic E-state index is 13.4. The summed E-state index contributed by atoms with van der Waals surface area (Å²) in [5.74, 6) is -2.14. The zero-order chi connectivity index (χ0) is 29.8. The Morgan fingerprint density at radius 3 is 2.60 bits per heavy atom. The summed E-state index contributed by atoms with van der Waals surface area (Å²) in [5, 5.41) is 3.07. The number of carbonyl (C=O) groups excluding carboxylic acids is 4. The zero-order valence-corrected chi connectivity index (χ0v) is 24.0. The fourth-order valence-electron chi connectivity index (χ4n) is 4.46. The number of amides is 3. The molecule has 214 valence electrons. The lowest BCUT2D eigenvalue weighted by Crippen LogP contribution is -2.36. The van der Waals surface area contributed by atoms with E-state index in [1.807, 2.05) is 42.0 Å². The topological polar surface area (TPSA) is 97.7 Å². The Morgan fingerprint density at radius 1 is 1.07 bits per heavy atom. The highest BCUT2D eigenvalue weighted by Crippen LogP contribution is 2.34. The number of nitrogens with one attached hydrogen (secondary N) is 1. The molecule has 0 saturated carbocycles. The van der Waals surface area contributed by atoms with Gasteiger partial charge in [-0.25, -0.2) is 9.18 Å². The Kier molecular flexibility index (Phi) is 8.75. The van der Waals surface area contributed by atoms with E-state index < -0.39 is 29.6 Å². The first kappa shape index (κ1) is 29.1. The van der Waals surface area contributed by atoms with E-state index in [1.165, 1.54) is 30.3 Å². The van der Waals surface area contributed by atoms with Crippen LogP contribution >= 0.6 is 23.4 Å². The Labute approximate surface area is 250 Å². The van der Waals surface area contributed by atoms with E-state index in [1.54, 1.807) is 18.2 Å². The highest BCUT2D eigenvalue weighted by Gasteiger charge is 2.36. The summed E-state index contributed by atoms with van der Waals surface area (Å²) >= 11 is 6.87. The van der Waals surface area contributed by atoms with Gasteiger partial charge in [-0.2, -0.15) is 0 Å². The highest BCUT2D eigenvalue weighted by atomic mass is 35.5. The third-order valence-electron chi connectivity index (χ3n) is 6.45. The minimum absolute atomic E-state index is 0.0932. The van der Waals surface area contributed by atoms with Gasteiger partial charge in [0.05, 0.1) is 22.1 Å². The molecule has 1 fully saturated rings. The van der Waals surface area contributed by atoms with Crippen LogP contribution in [0.15, 0.2) is 77.8 Å². The van der Waals surface area contributed by atoms with Gasteiger partial charge >= 0.3 is 5.97 Å². The zero-order valence-electron chi connectivity index (χ0n) is 22.4. The first-order valence-corrected chi connectivity index (χ1v) is 14.3. The molecule has 1 aromatic heterocycles. The summed E-state index contributed by atoms with van der Waals surface area (Å²) in [7, 11) is 0. The average Bonchev–Trinajstić information content (AvgIpc) is 3.45. The van der Waals surface area contributed by atoms with Crippen LogP contribution in [0.5, 0.6) is 0 Å². The minimum atomic E-state index is -0.621. The quantitative estimate of drug-likeness (QED) is 0.168. The maximum absolute atomic E-state index is 13.4. The van der Waals surface area contributed by atoms with Gasteiger partial charge in [0.1, 0.15) is 12.4 Å². The molecular formula is C31H25ClFN3O5S. The van der Waals surface area contributed by atoms with Crippen LogP contribution in [0.25, 0.3) is 17.0 Å². The van der Waals surface area contributed by atoms with E-state index >= 15 is 0 Å². The van der Waals surface area contributed by atoms with Crippen LogP contribution in [0.2, 0.25) is 5.02 Å². The fourth-order valence-corrected chi connectivity index (χ4v) is 5.49. The van der Waals surface area contributed by atoms with Gasteiger partial charge < -0.3 is 14.6 Å². The van der Waals surface area contributed by atoms with Gasteiger partial charge in [-0.05, 0) is 66.2 Å². The van der Waals surface area contributed by atoms with Crippen molar-refractivity contribution in [1.82, 2.24) is 9.47 Å². The Bertz CT molecular complexity index is 1730. The number of aromatic nitrogens is 1. The normalized spacial score (nSPS) is 14.2. The van der Waals surface area contributed by atoms with Gasteiger partial charge in [-0.15, -0.1) is 0 Å². The van der Waals surface area contributed by atoms with Crippen molar-refractivity contribution in [3.05, 3.63) is 105 Å². The van der Waals surface area contributed by atoms with E-state index in [-0.39, 0.29) is 33.6 Å². The Balaban J connectivity index is 1.31. The molecule has 3 amide bonds. The predicted molar refractivity (Wildman–Crippen MR) is 161 cm³/mol. The molecule has 11 heteroatoms. The molecule has 4 aromatic rings. The van der Waals surface area contributed by atoms with E-state index in [2.05, 4.69) is 5.32 Å². The second-order valence-corrected chi connectivity index (χ2v) is 10.9. The Hall–Kier alpha value is -4.41. The molecule has 5 rings (SSSR count). The number of para-hydroxylation sites is 1. The van der Waals surface area contributed by atoms with Gasteiger partial charge in [-0.3, -0.25) is 19.3 Å². The summed E-state index contributed by atoms with van der Waals surface area (Å²) < 4.78 is 20.5. The minimum Gasteiger partial charge on any atom is -0.462 e. The van der Waals surface area contributed by atoms with Crippen molar-refractivity contribution in [2.24, 2.45) is 0 Å². The largest absolute Gasteiger partial charge is 0.462 e. The number of benzene rings is 3. The lowest BCUT2D eigenvalue weighted by atomic mass is 10.1. The van der Waals surface area contributed by atoms with E-state index in [0.717, 1.165) is 38.7 Å². The van der Waals surface area contributed by atoms with E-state index in [4.69, 9.17) is 16.3 Å². The van der Waals surface area contributed by atoms with Crippen LogP contribution in [-0.2, 0) is 20.9 Å². The van der Waals surface area contributed by atoms with Crippen molar-refractivity contribution in [1.29, 1.82) is 0 Å². The van der Waals surface area contributed by atoms with E-state index in [9.17, 15) is 23.6 Å². The number of ether oxygens (including phenoxy) is 1. The number of anilines is 1. The summed E-state index contributed by atoms with van der Waals surface area (Å²) in [6, 6.07) is 18.2. The fraction of sp³-hybridized carbons (Fsp3) is 0.161. The van der Waals surface area contributed by atoms with Crippen LogP contribution in [0.3, 0.4) is 0 Å². The standard InChI is InChI=1S/C31H25ClFN3O5S/c1-2-13-41-30(39)24-15-22(11-12-25(24)32)34-28(37)18-36-29(38)27(42-31(36)40)14-20-17-35(26-6-4-3-5-23(20)26)16-19-7-9-21(33)10-8-19/h3-12,14-15,17H,2,13,16,18H2,1H3,(H,34,37)/b27-14-. The molecule has 1 aliphatic rings. The lowest BCUT2D eigenvalue weighted by molar-refractivity contribution is -0.127. The summed E-state index contributed by atoms with van der Waals surface area (Å²) in [5.41, 5.74) is 2.90. The second kappa shape index (κ2) is 12.6. The molecule has 3 aromatic carbocycles. The molecule has 0 atom stereocenters. The summed E-state index contributed by atoms with van der Waals surface area (Å²) in [4.78, 5) is 52.0. The summed E-state index contributed by atoms with van der Waals surface area (Å²) in [6.45, 7) is 2.07. The smallest absolute Gasteiger partial charge is 0.339 e. The van der Waals surface area contributed by atoms with Crippen molar-refractivity contribution >= 4 is 69.1 Å². The number of hydrogen-bond acceptors (Lipinski definition) is 6. The van der Waals surface area contributed by atoms with Gasteiger partial charge in [0.25, 0.3) is 11.1 Å². The summed E-state index contributed by atoms with van der Waals surface area (Å²) in [6.07, 6.45) is 4.15. The van der Waals surface area contributed by atoms with E-state index in [0.29, 0.717) is 13.0 Å². The number of esters is 1. The predicted octanol–water partition coefficient (Wildman–Crippen LogP) is 6.72. The number of imide groups is 1. The number of nitrogens with zero attached hydrogens (tertiary/aromatic N) is 2. The molecule has 1 saturated heterocycles. The third kappa shape index (κ3) is 6.40. The molecule has 1 aliphatic heterocycles. The SMILES string of the molecule is CCCOC(=O)c1cc(NC(=O)CN2C(=O)S/C(=C\c3cn(Cc4ccc(F)cc4)c4ccccc34)C2=O)ccc1Cl. The number of hydrogen-bond donors (Lipinski definition) is 1. The molecule has 0 spiro atoms. The first-order chi connectivity index (χ1) is 20.2. The molecule has 2 heterocycles. The molecule has 8 nitrogen and oxygen atoms in total. The van der Waals surface area contributed by atoms with Crippen molar-refractivity contribution < 1.29 is 28.3 Å². The molecule has 0 bridgehead atoms. The lowest BCUT2D eigenvalue weighted by Gasteiger charge is -2.13. The Morgan fingerprint density at radius 2 is 1.83 bits per heavy atom. The van der Waals surface area contributed by atoms with Crippen molar-refractivity contribution in [3.8, 4) is 0 Å². The molecule has 42 heavy (non-hydrogen) atoms. The number of carbonyl (C=O) groups is 4. The highest BCUT2D eigenvalue weighted by molar-refractivity contribution is 8.18. The van der Waals surface area contributed by atoms with Gasteiger partial charge in [0, 0.05) is 34.9 Å². The van der Waals surface area contributed by atoms with Crippen LogP contribution < -0.4 is 5.32 Å². The maximum Gasteiger partial charge on any atom is 0.339 e. The molecule has 0 aliphatic carbocycles. The van der Waals surface area contributed by atoms with Gasteiger partial charge in [-0.1, -0.05) is 48.9 Å². The van der Waals surface area contributed by atoms with Crippen LogP contribution in [0.1, 0.15) is 34.8 Å². The number of halogens is 2. The number of thioether (sulfide) groups is 1. The first-order valence-electron chi connectivity index (χ1n) is 13.1. The van der Waals surface area contributed by atoms with Crippen molar-refractivity contribution in [2.45, 2.75) is 19.9 Å². The third-order valence-corrected chi connectivity index (χ3v) is 7.69. The van der Waals surface area contributed by atoms with Crippen LogP contribution in [-0.4, -0.2) is 45.6 Å². The molecule has 0 radical (unpaired) electrons. The average molecular weight is 606 g/mol. The number of rotatable bonds is 9. The van der Waals surface area contributed by atoms with Gasteiger partial charge in [0.15, 0.2) is 0 Å². The van der Waals surface area contributed by atoms with Crippen LogP contribution in [0.4, 0.5) is 14.9 Å².